The van der Waals surface area contributed by atoms with Gasteiger partial charge in [0.1, 0.15) is 0 Å². The third kappa shape index (κ3) is 3.12. The summed E-state index contributed by atoms with van der Waals surface area (Å²) < 4.78 is 38.6. The Morgan fingerprint density at radius 2 is 1.30 bits per heavy atom. The highest BCUT2D eigenvalue weighted by molar-refractivity contribution is 6.40. The second-order valence-electron chi connectivity index (χ2n) is 6.19. The molecule has 0 fully saturated rings. The number of alkyl halides is 3. The lowest BCUT2D eigenvalue weighted by molar-refractivity contribution is -0.137. The predicted octanol–water partition coefficient (Wildman–Crippen LogP) is 5.88. The first-order valence-electron chi connectivity index (χ1n) is 8.33. The van der Waals surface area contributed by atoms with Crippen LogP contribution in [-0.2, 0) is 6.18 Å². The molecule has 0 saturated carbocycles. The van der Waals surface area contributed by atoms with E-state index in [0.717, 1.165) is 23.4 Å². The number of Topliss-reactive ketones (excluding diaryl/α,β-unsaturated/α-hetero) is 1. The molecule has 0 atom stereocenters. The molecule has 0 bridgehead atoms. The van der Waals surface area contributed by atoms with Crippen molar-refractivity contribution in [2.45, 2.75) is 6.18 Å². The zero-order valence-electron chi connectivity index (χ0n) is 14.0. The molecule has 3 aromatic rings. The van der Waals surface area contributed by atoms with Crippen LogP contribution in [0.2, 0.25) is 0 Å². The van der Waals surface area contributed by atoms with Gasteiger partial charge in [-0.1, -0.05) is 54.6 Å². The Hall–Kier alpha value is -3.34. The number of nitrogens with one attached hydrogen (secondary N) is 1. The highest BCUT2D eigenvalue weighted by Gasteiger charge is 2.33. The number of hydrogen-bond donors (Lipinski definition) is 1. The standard InChI is InChI=1S/C22H14F3NO/c23-22(24,25)15-12-10-14(11-13-15)19-20(26-16-6-2-1-3-7-16)17-8-4-5-9-18(17)21(19)27/h1-13,26H. The van der Waals surface area contributed by atoms with Crippen LogP contribution < -0.4 is 5.32 Å². The monoisotopic (exact) mass is 365 g/mol. The largest absolute Gasteiger partial charge is 0.416 e. The Morgan fingerprint density at radius 3 is 1.93 bits per heavy atom. The summed E-state index contributed by atoms with van der Waals surface area (Å²) in [6.45, 7) is 0. The van der Waals surface area contributed by atoms with Gasteiger partial charge in [-0.3, -0.25) is 4.79 Å². The first-order chi connectivity index (χ1) is 12.9. The number of rotatable bonds is 3. The molecular weight excluding hydrogens is 351 g/mol. The number of carbonyl (C=O) groups is 1. The molecule has 4 rings (SSSR count). The van der Waals surface area contributed by atoms with Crippen molar-refractivity contribution in [3.63, 3.8) is 0 Å². The van der Waals surface area contributed by atoms with E-state index >= 15 is 0 Å². The van der Waals surface area contributed by atoms with Crippen LogP contribution in [-0.4, -0.2) is 5.78 Å². The van der Waals surface area contributed by atoms with Gasteiger partial charge in [-0.25, -0.2) is 0 Å². The molecule has 0 radical (unpaired) electrons. The summed E-state index contributed by atoms with van der Waals surface area (Å²) >= 11 is 0. The van der Waals surface area contributed by atoms with E-state index < -0.39 is 11.7 Å². The van der Waals surface area contributed by atoms with Crippen molar-refractivity contribution in [3.8, 4) is 0 Å². The third-order valence-corrected chi connectivity index (χ3v) is 4.46. The van der Waals surface area contributed by atoms with Crippen LogP contribution in [0.4, 0.5) is 18.9 Å². The van der Waals surface area contributed by atoms with Crippen LogP contribution in [0.3, 0.4) is 0 Å². The van der Waals surface area contributed by atoms with Crippen molar-refractivity contribution in [2.75, 3.05) is 5.32 Å². The fraction of sp³-hybridized carbons (Fsp3) is 0.0455. The number of fused-ring (bicyclic) bond motifs is 1. The van der Waals surface area contributed by atoms with Crippen molar-refractivity contribution >= 4 is 22.7 Å². The van der Waals surface area contributed by atoms with Gasteiger partial charge in [0.15, 0.2) is 5.78 Å². The number of ketones is 1. The average Bonchev–Trinajstić information content (AvgIpc) is 2.94. The predicted molar refractivity (Wildman–Crippen MR) is 99.1 cm³/mol. The van der Waals surface area contributed by atoms with E-state index in [-0.39, 0.29) is 5.78 Å². The minimum Gasteiger partial charge on any atom is -0.354 e. The smallest absolute Gasteiger partial charge is 0.354 e. The Bertz CT molecular complexity index is 1040. The fourth-order valence-corrected chi connectivity index (χ4v) is 3.18. The second-order valence-corrected chi connectivity index (χ2v) is 6.19. The number of anilines is 1. The zero-order chi connectivity index (χ0) is 19.0. The van der Waals surface area contributed by atoms with Crippen LogP contribution in [0.5, 0.6) is 0 Å². The number of hydrogen-bond acceptors (Lipinski definition) is 2. The van der Waals surface area contributed by atoms with E-state index in [1.807, 2.05) is 42.5 Å². The van der Waals surface area contributed by atoms with Crippen molar-refractivity contribution in [2.24, 2.45) is 0 Å². The molecule has 3 aromatic carbocycles. The minimum absolute atomic E-state index is 0.205. The molecule has 0 amide bonds. The molecule has 27 heavy (non-hydrogen) atoms. The Morgan fingerprint density at radius 1 is 0.704 bits per heavy atom. The fourth-order valence-electron chi connectivity index (χ4n) is 3.18. The quantitative estimate of drug-likeness (QED) is 0.628. The molecular formula is C22H14F3NO. The van der Waals surface area contributed by atoms with Crippen LogP contribution in [0.25, 0.3) is 11.3 Å². The molecule has 1 aliphatic rings. The average molecular weight is 365 g/mol. The van der Waals surface area contributed by atoms with Crippen LogP contribution in [0.1, 0.15) is 27.0 Å². The molecule has 0 saturated heterocycles. The molecule has 2 nitrogen and oxygen atoms in total. The van der Waals surface area contributed by atoms with E-state index in [2.05, 4.69) is 5.32 Å². The van der Waals surface area contributed by atoms with Crippen molar-refractivity contribution < 1.29 is 18.0 Å². The number of carbonyl (C=O) groups excluding carboxylic acids is 1. The molecule has 0 heterocycles. The molecule has 1 aliphatic carbocycles. The lowest BCUT2D eigenvalue weighted by Gasteiger charge is -2.12. The van der Waals surface area contributed by atoms with Gasteiger partial charge in [-0.15, -0.1) is 0 Å². The Kier molecular flexibility index (Phi) is 4.07. The van der Waals surface area contributed by atoms with Gasteiger partial charge in [0.05, 0.1) is 16.8 Å². The maximum Gasteiger partial charge on any atom is 0.416 e. The summed E-state index contributed by atoms with van der Waals surface area (Å²) in [6, 6.07) is 21.2. The summed E-state index contributed by atoms with van der Waals surface area (Å²) in [7, 11) is 0. The Labute approximate surface area is 154 Å². The number of allylic oxidation sites excluding steroid dienone is 1. The first-order valence-corrected chi connectivity index (χ1v) is 8.33. The van der Waals surface area contributed by atoms with Crippen molar-refractivity contribution in [1.82, 2.24) is 0 Å². The van der Waals surface area contributed by atoms with Gasteiger partial charge in [-0.2, -0.15) is 13.2 Å². The summed E-state index contributed by atoms with van der Waals surface area (Å²) in [5.41, 5.74) is 2.74. The second kappa shape index (κ2) is 6.43. The summed E-state index contributed by atoms with van der Waals surface area (Å²) in [5, 5.41) is 3.26. The van der Waals surface area contributed by atoms with Crippen molar-refractivity contribution in [1.29, 1.82) is 0 Å². The van der Waals surface area contributed by atoms with E-state index in [1.54, 1.807) is 12.1 Å². The topological polar surface area (TPSA) is 29.1 Å². The molecule has 0 aliphatic heterocycles. The van der Waals surface area contributed by atoms with Crippen molar-refractivity contribution in [3.05, 3.63) is 101 Å². The minimum atomic E-state index is -4.42. The molecule has 0 aromatic heterocycles. The maximum absolute atomic E-state index is 13.0. The van der Waals surface area contributed by atoms with Crippen LogP contribution in [0, 0.1) is 0 Å². The highest BCUT2D eigenvalue weighted by atomic mass is 19.4. The summed E-state index contributed by atoms with van der Waals surface area (Å²) in [6.07, 6.45) is -4.42. The number of para-hydroxylation sites is 1. The van der Waals surface area contributed by atoms with E-state index in [0.29, 0.717) is 22.4 Å². The lowest BCUT2D eigenvalue weighted by Crippen LogP contribution is -2.06. The van der Waals surface area contributed by atoms with Crippen LogP contribution in [0.15, 0.2) is 78.9 Å². The van der Waals surface area contributed by atoms with E-state index in [9.17, 15) is 18.0 Å². The maximum atomic E-state index is 13.0. The van der Waals surface area contributed by atoms with E-state index in [4.69, 9.17) is 0 Å². The van der Waals surface area contributed by atoms with Gasteiger partial charge < -0.3 is 5.32 Å². The van der Waals surface area contributed by atoms with Gasteiger partial charge >= 0.3 is 6.18 Å². The Balaban J connectivity index is 1.84. The zero-order valence-corrected chi connectivity index (χ0v) is 14.0. The lowest BCUT2D eigenvalue weighted by atomic mass is 10.00. The van der Waals surface area contributed by atoms with E-state index in [1.165, 1.54) is 12.1 Å². The van der Waals surface area contributed by atoms with Gasteiger partial charge in [0.2, 0.25) is 0 Å². The normalized spacial score (nSPS) is 13.7. The van der Waals surface area contributed by atoms with Gasteiger partial charge in [0, 0.05) is 16.8 Å². The summed E-state index contributed by atoms with van der Waals surface area (Å²) in [5.74, 6) is -0.205. The SMILES string of the molecule is O=C1C(c2ccc(C(F)(F)F)cc2)=C(Nc2ccccc2)c2ccccc21. The summed E-state index contributed by atoms with van der Waals surface area (Å²) in [4.78, 5) is 13.0. The third-order valence-electron chi connectivity index (χ3n) is 4.46. The highest BCUT2D eigenvalue weighted by Crippen LogP contribution is 2.39. The molecule has 1 N–H and O–H groups in total. The molecule has 134 valence electrons. The molecule has 5 heteroatoms. The number of benzene rings is 3. The number of halogens is 3. The first kappa shape index (κ1) is 17.1. The molecule has 0 unspecified atom stereocenters. The van der Waals surface area contributed by atoms with Crippen LogP contribution >= 0.6 is 0 Å². The van der Waals surface area contributed by atoms with Gasteiger partial charge in [-0.05, 0) is 29.8 Å². The van der Waals surface area contributed by atoms with Gasteiger partial charge in [0.25, 0.3) is 0 Å². The molecule has 0 spiro atoms.